The number of aromatic nitrogens is 1. The van der Waals surface area contributed by atoms with E-state index in [0.717, 1.165) is 0 Å². The molecule has 0 aliphatic carbocycles. The first-order valence-electron chi connectivity index (χ1n) is 10.1. The molecule has 0 aliphatic rings. The van der Waals surface area contributed by atoms with Gasteiger partial charge in [0.05, 0.1) is 24.1 Å². The van der Waals surface area contributed by atoms with Gasteiger partial charge in [-0.1, -0.05) is 36.4 Å². The molecule has 0 radical (unpaired) electrons. The van der Waals surface area contributed by atoms with Gasteiger partial charge >= 0.3 is 0 Å². The number of carbonyl (C=O) groups excluding carboxylic acids is 1. The highest BCUT2D eigenvalue weighted by Crippen LogP contribution is 2.26. The Morgan fingerprint density at radius 2 is 1.66 bits per heavy atom. The quantitative estimate of drug-likeness (QED) is 0.361. The van der Waals surface area contributed by atoms with E-state index in [-0.39, 0.29) is 17.3 Å². The molecule has 0 saturated heterocycles. The lowest BCUT2D eigenvalue weighted by molar-refractivity contribution is 0.0955. The third kappa shape index (κ3) is 4.09. The molecule has 7 nitrogen and oxygen atoms in total. The number of ether oxygens (including phenoxy) is 1. The summed E-state index contributed by atoms with van der Waals surface area (Å²) in [7, 11) is 0. The maximum atomic E-state index is 13.1. The number of amides is 1. The summed E-state index contributed by atoms with van der Waals surface area (Å²) in [5, 5.41) is 16.0. The van der Waals surface area contributed by atoms with E-state index in [9.17, 15) is 14.7 Å². The molecule has 2 N–H and O–H groups in total. The standard InChI is InChI=1S/C25H21N3O4/c1-2-32-19-14-12-18(13-15-19)28-24(30)21-11-7-6-10-20(21)22(25(28)31)16-26-27-23(29)17-8-4-3-5-9-17/h3-16,31H,2H2,1H3,(H,27,29)/b26-16+. The molecule has 0 saturated carbocycles. The Hall–Kier alpha value is -4.39. The monoisotopic (exact) mass is 427 g/mol. The Balaban J connectivity index is 1.76. The lowest BCUT2D eigenvalue weighted by atomic mass is 10.1. The molecule has 4 rings (SSSR count). The summed E-state index contributed by atoms with van der Waals surface area (Å²) < 4.78 is 6.66. The van der Waals surface area contributed by atoms with E-state index in [2.05, 4.69) is 10.5 Å². The van der Waals surface area contributed by atoms with Gasteiger partial charge in [-0.2, -0.15) is 5.10 Å². The number of aromatic hydroxyl groups is 1. The lowest BCUT2D eigenvalue weighted by Crippen LogP contribution is -2.21. The Kier molecular flexibility index (Phi) is 5.98. The van der Waals surface area contributed by atoms with Crippen molar-refractivity contribution in [2.45, 2.75) is 6.92 Å². The van der Waals surface area contributed by atoms with Crippen LogP contribution in [0.1, 0.15) is 22.8 Å². The van der Waals surface area contributed by atoms with Crippen LogP contribution in [-0.2, 0) is 0 Å². The molecule has 7 heteroatoms. The van der Waals surface area contributed by atoms with Gasteiger partial charge in [-0.05, 0) is 49.4 Å². The molecule has 1 amide bonds. The van der Waals surface area contributed by atoms with Crippen LogP contribution in [-0.4, -0.2) is 28.4 Å². The topological polar surface area (TPSA) is 92.9 Å². The minimum absolute atomic E-state index is 0.282. The van der Waals surface area contributed by atoms with Crippen LogP contribution in [0.5, 0.6) is 11.6 Å². The number of hydrogen-bond donors (Lipinski definition) is 2. The van der Waals surface area contributed by atoms with Crippen molar-refractivity contribution in [3.05, 3.63) is 100 Å². The molecule has 32 heavy (non-hydrogen) atoms. The largest absolute Gasteiger partial charge is 0.494 e. The van der Waals surface area contributed by atoms with Gasteiger partial charge in [0.25, 0.3) is 11.5 Å². The van der Waals surface area contributed by atoms with Crippen molar-refractivity contribution in [1.82, 2.24) is 9.99 Å². The van der Waals surface area contributed by atoms with Crippen LogP contribution in [0.25, 0.3) is 16.5 Å². The number of hydrogen-bond acceptors (Lipinski definition) is 5. The summed E-state index contributed by atoms with van der Waals surface area (Å²) >= 11 is 0. The zero-order chi connectivity index (χ0) is 22.5. The van der Waals surface area contributed by atoms with Crippen molar-refractivity contribution >= 4 is 22.9 Å². The van der Waals surface area contributed by atoms with Crippen LogP contribution in [0.2, 0.25) is 0 Å². The summed E-state index contributed by atoms with van der Waals surface area (Å²) in [4.78, 5) is 25.4. The number of benzene rings is 3. The predicted molar refractivity (Wildman–Crippen MR) is 124 cm³/mol. The van der Waals surface area contributed by atoms with E-state index in [1.807, 2.05) is 13.0 Å². The molecule has 1 aromatic heterocycles. The van der Waals surface area contributed by atoms with Crippen LogP contribution < -0.4 is 15.7 Å². The lowest BCUT2D eigenvalue weighted by Gasteiger charge is -2.14. The molecule has 4 aromatic rings. The van der Waals surface area contributed by atoms with Crippen LogP contribution >= 0.6 is 0 Å². The van der Waals surface area contributed by atoms with Gasteiger partial charge in [-0.25, -0.2) is 9.99 Å². The van der Waals surface area contributed by atoms with E-state index in [1.165, 1.54) is 10.8 Å². The summed E-state index contributed by atoms with van der Waals surface area (Å²) in [6, 6.07) is 22.4. The highest BCUT2D eigenvalue weighted by molar-refractivity contribution is 6.02. The number of nitrogens with one attached hydrogen (secondary N) is 1. The molecular formula is C25H21N3O4. The van der Waals surface area contributed by atoms with E-state index in [0.29, 0.717) is 39.9 Å². The van der Waals surface area contributed by atoms with E-state index in [4.69, 9.17) is 4.74 Å². The minimum Gasteiger partial charge on any atom is -0.494 e. The second-order valence-corrected chi connectivity index (χ2v) is 6.92. The summed E-state index contributed by atoms with van der Waals surface area (Å²) in [5.74, 6) is -0.00367. The van der Waals surface area contributed by atoms with Gasteiger partial charge in [0, 0.05) is 16.3 Å². The number of nitrogens with zero attached hydrogens (tertiary/aromatic N) is 2. The number of rotatable bonds is 6. The minimum atomic E-state index is -0.384. The first-order chi connectivity index (χ1) is 15.6. The Bertz CT molecular complexity index is 1340. The molecule has 0 aliphatic heterocycles. The third-order valence-corrected chi connectivity index (χ3v) is 4.91. The van der Waals surface area contributed by atoms with Gasteiger partial charge in [0.2, 0.25) is 5.88 Å². The highest BCUT2D eigenvalue weighted by Gasteiger charge is 2.16. The first kappa shape index (κ1) is 20.9. The first-order valence-corrected chi connectivity index (χ1v) is 10.1. The van der Waals surface area contributed by atoms with Gasteiger partial charge in [-0.3, -0.25) is 9.59 Å². The van der Waals surface area contributed by atoms with Gasteiger partial charge in [-0.15, -0.1) is 0 Å². The van der Waals surface area contributed by atoms with Gasteiger partial charge in [0.15, 0.2) is 0 Å². The van der Waals surface area contributed by atoms with Crippen molar-refractivity contribution in [2.24, 2.45) is 5.10 Å². The number of pyridine rings is 1. The zero-order valence-corrected chi connectivity index (χ0v) is 17.4. The van der Waals surface area contributed by atoms with Crippen molar-refractivity contribution in [3.63, 3.8) is 0 Å². The average molecular weight is 427 g/mol. The molecule has 0 bridgehead atoms. The summed E-state index contributed by atoms with van der Waals surface area (Å²) in [5.41, 5.74) is 3.32. The molecule has 160 valence electrons. The van der Waals surface area contributed by atoms with Crippen LogP contribution in [0.4, 0.5) is 0 Å². The van der Waals surface area contributed by atoms with Crippen molar-refractivity contribution in [1.29, 1.82) is 0 Å². The van der Waals surface area contributed by atoms with Crippen molar-refractivity contribution < 1.29 is 14.6 Å². The van der Waals surface area contributed by atoms with E-state index in [1.54, 1.807) is 72.8 Å². The number of carbonyl (C=O) groups is 1. The van der Waals surface area contributed by atoms with Crippen LogP contribution in [0.3, 0.4) is 0 Å². The molecule has 0 atom stereocenters. The van der Waals surface area contributed by atoms with Crippen molar-refractivity contribution in [2.75, 3.05) is 6.61 Å². The summed E-state index contributed by atoms with van der Waals surface area (Å²) in [6.45, 7) is 2.41. The molecule has 0 unspecified atom stereocenters. The summed E-state index contributed by atoms with van der Waals surface area (Å²) in [6.07, 6.45) is 1.34. The number of fused-ring (bicyclic) bond motifs is 1. The Morgan fingerprint density at radius 1 is 1.00 bits per heavy atom. The Labute approximate surface area is 184 Å². The average Bonchev–Trinajstić information content (AvgIpc) is 2.83. The maximum Gasteiger partial charge on any atom is 0.271 e. The van der Waals surface area contributed by atoms with E-state index < -0.39 is 0 Å². The second-order valence-electron chi connectivity index (χ2n) is 6.92. The SMILES string of the molecule is CCOc1ccc(-n2c(O)c(/C=N/NC(=O)c3ccccc3)c3ccccc3c2=O)cc1. The smallest absolute Gasteiger partial charge is 0.271 e. The van der Waals surface area contributed by atoms with Crippen molar-refractivity contribution in [3.8, 4) is 17.3 Å². The molecular weight excluding hydrogens is 406 g/mol. The second kappa shape index (κ2) is 9.18. The van der Waals surface area contributed by atoms with Gasteiger partial charge < -0.3 is 9.84 Å². The maximum absolute atomic E-state index is 13.1. The van der Waals surface area contributed by atoms with Crippen LogP contribution in [0, 0.1) is 0 Å². The predicted octanol–water partition coefficient (Wildman–Crippen LogP) is 3.86. The fourth-order valence-corrected chi connectivity index (χ4v) is 3.40. The third-order valence-electron chi connectivity index (χ3n) is 4.91. The highest BCUT2D eigenvalue weighted by atomic mass is 16.5. The molecule has 0 spiro atoms. The molecule has 3 aromatic carbocycles. The zero-order valence-electron chi connectivity index (χ0n) is 17.4. The normalized spacial score (nSPS) is 11.0. The van der Waals surface area contributed by atoms with E-state index >= 15 is 0 Å². The van der Waals surface area contributed by atoms with Crippen LogP contribution in [0.15, 0.2) is 88.8 Å². The fourth-order valence-electron chi connectivity index (χ4n) is 3.40. The van der Waals surface area contributed by atoms with Gasteiger partial charge in [0.1, 0.15) is 5.75 Å². The number of hydrazone groups is 1. The molecule has 0 fully saturated rings. The Morgan fingerprint density at radius 3 is 2.34 bits per heavy atom. The fraction of sp³-hybridized carbons (Fsp3) is 0.0800. The molecule has 1 heterocycles.